The Balaban J connectivity index is 1.30. The maximum Gasteiger partial charge on any atom is 0.319 e. The van der Waals surface area contributed by atoms with Gasteiger partial charge in [0.05, 0.1) is 17.5 Å². The SMILES string of the molecule is C=CC(=O)N1CCC2C1CN2c1nc(OC[C@@H]2CCCN2C)nc2c(F)c(-c3cccc4c3N(C)CCC4)ncc12. The van der Waals surface area contributed by atoms with Crippen LogP contribution in [0.2, 0.25) is 0 Å². The average Bonchev–Trinajstić information content (AvgIpc) is 3.53. The summed E-state index contributed by atoms with van der Waals surface area (Å²) in [5, 5.41) is 0.557. The highest BCUT2D eigenvalue weighted by Crippen LogP contribution is 2.42. The molecule has 7 rings (SSSR count). The number of pyridine rings is 1. The Hall–Kier alpha value is -3.79. The van der Waals surface area contributed by atoms with E-state index >= 15 is 4.39 Å². The van der Waals surface area contributed by atoms with Gasteiger partial charge in [-0.1, -0.05) is 24.8 Å². The number of likely N-dealkylation sites (tertiary alicyclic amines) is 2. The summed E-state index contributed by atoms with van der Waals surface area (Å²) >= 11 is 0. The second-order valence-electron chi connectivity index (χ2n) is 11.8. The van der Waals surface area contributed by atoms with Gasteiger partial charge in [0.25, 0.3) is 0 Å². The molecule has 4 aliphatic rings. The fraction of sp³-hybridized carbons (Fsp3) is 0.484. The van der Waals surface area contributed by atoms with E-state index in [0.717, 1.165) is 56.4 Å². The summed E-state index contributed by atoms with van der Waals surface area (Å²) in [5.74, 6) is 0.0975. The van der Waals surface area contributed by atoms with Gasteiger partial charge in [0.15, 0.2) is 5.82 Å². The van der Waals surface area contributed by atoms with Crippen LogP contribution in [0.5, 0.6) is 6.01 Å². The molecular formula is C31H36FN7O2. The van der Waals surface area contributed by atoms with Gasteiger partial charge in [0, 0.05) is 50.2 Å². The molecule has 41 heavy (non-hydrogen) atoms. The topological polar surface area (TPSA) is 77.9 Å². The van der Waals surface area contributed by atoms with Crippen molar-refractivity contribution in [2.24, 2.45) is 0 Å². The van der Waals surface area contributed by atoms with Gasteiger partial charge in [-0.3, -0.25) is 9.78 Å². The van der Waals surface area contributed by atoms with Crippen LogP contribution in [0.15, 0.2) is 37.1 Å². The quantitative estimate of drug-likeness (QED) is 0.425. The van der Waals surface area contributed by atoms with E-state index in [0.29, 0.717) is 36.6 Å². The zero-order valence-electron chi connectivity index (χ0n) is 23.7. The molecule has 6 heterocycles. The number of aromatic nitrogens is 3. The van der Waals surface area contributed by atoms with Crippen molar-refractivity contribution < 1.29 is 13.9 Å². The lowest BCUT2D eigenvalue weighted by Gasteiger charge is -2.47. The van der Waals surface area contributed by atoms with Crippen LogP contribution in [-0.2, 0) is 11.2 Å². The minimum atomic E-state index is -0.465. The number of halogens is 1. The first kappa shape index (κ1) is 26.1. The molecule has 0 spiro atoms. The van der Waals surface area contributed by atoms with Gasteiger partial charge in [-0.05, 0) is 57.3 Å². The average molecular weight is 558 g/mol. The van der Waals surface area contributed by atoms with Crippen molar-refractivity contribution in [3.05, 3.63) is 48.4 Å². The number of aryl methyl sites for hydroxylation is 1. The summed E-state index contributed by atoms with van der Waals surface area (Å²) in [6.45, 7) is 7.34. The van der Waals surface area contributed by atoms with E-state index in [-0.39, 0.29) is 35.6 Å². The van der Waals surface area contributed by atoms with Crippen LogP contribution >= 0.6 is 0 Å². The van der Waals surface area contributed by atoms with Crippen molar-refractivity contribution in [2.75, 3.05) is 56.7 Å². The van der Waals surface area contributed by atoms with Crippen LogP contribution in [0.4, 0.5) is 15.9 Å². The standard InChI is InChI=1S/C31H36FN7O2/c1-4-25(40)38-15-12-23-24(38)17-39(23)30-22-16-33-27(21-11-5-8-19-9-6-14-37(3)29(19)21)26(32)28(22)34-31(35-30)41-18-20-10-7-13-36(20)2/h4-5,8,11,16,20,23-24H,1,6-7,9-10,12-15,17-18H2,2-3H3/t20-,23?,24?/m0/s1. The van der Waals surface area contributed by atoms with E-state index < -0.39 is 5.82 Å². The maximum atomic E-state index is 16.6. The first-order valence-electron chi connectivity index (χ1n) is 14.7. The van der Waals surface area contributed by atoms with Gasteiger partial charge < -0.3 is 24.3 Å². The Bertz CT molecular complexity index is 1530. The number of hydrogen-bond acceptors (Lipinski definition) is 8. The number of likely N-dealkylation sites (N-methyl/N-ethyl adjacent to an activating group) is 1. The van der Waals surface area contributed by atoms with Crippen molar-refractivity contribution in [3.8, 4) is 17.3 Å². The molecule has 2 unspecified atom stereocenters. The van der Waals surface area contributed by atoms with E-state index in [4.69, 9.17) is 9.72 Å². The molecule has 9 nitrogen and oxygen atoms in total. The number of anilines is 2. The van der Waals surface area contributed by atoms with Gasteiger partial charge in [0.1, 0.15) is 23.6 Å². The number of carbonyl (C=O) groups is 1. The van der Waals surface area contributed by atoms with E-state index in [1.54, 1.807) is 6.20 Å². The molecule has 0 bridgehead atoms. The van der Waals surface area contributed by atoms with Crippen LogP contribution in [0.1, 0.15) is 31.2 Å². The van der Waals surface area contributed by atoms with E-state index in [9.17, 15) is 4.79 Å². The summed E-state index contributed by atoms with van der Waals surface area (Å²) in [6.07, 6.45) is 8.11. The lowest BCUT2D eigenvalue weighted by atomic mass is 9.95. The Kier molecular flexibility index (Phi) is 6.53. The van der Waals surface area contributed by atoms with Crippen LogP contribution in [0.25, 0.3) is 22.2 Å². The predicted molar refractivity (Wildman–Crippen MR) is 157 cm³/mol. The number of para-hydroxylation sites is 1. The maximum absolute atomic E-state index is 16.6. The summed E-state index contributed by atoms with van der Waals surface area (Å²) in [4.78, 5) is 35.0. The van der Waals surface area contributed by atoms with Crippen molar-refractivity contribution in [1.82, 2.24) is 24.8 Å². The Morgan fingerprint density at radius 2 is 2.02 bits per heavy atom. The number of benzene rings is 1. The van der Waals surface area contributed by atoms with Crippen molar-refractivity contribution in [2.45, 2.75) is 50.2 Å². The number of rotatable bonds is 6. The van der Waals surface area contributed by atoms with Crippen LogP contribution in [-0.4, -0.2) is 95.7 Å². The monoisotopic (exact) mass is 557 g/mol. The molecule has 0 radical (unpaired) electrons. The molecule has 214 valence electrons. The molecular weight excluding hydrogens is 521 g/mol. The number of ether oxygens (including phenoxy) is 1. The Morgan fingerprint density at radius 3 is 2.83 bits per heavy atom. The second kappa shape index (κ2) is 10.2. The zero-order chi connectivity index (χ0) is 28.2. The predicted octanol–water partition coefficient (Wildman–Crippen LogP) is 3.66. The first-order valence-corrected chi connectivity index (χ1v) is 14.7. The molecule has 3 saturated heterocycles. The molecule has 3 aromatic rings. The molecule has 4 aliphatic heterocycles. The van der Waals surface area contributed by atoms with Gasteiger partial charge in [-0.25, -0.2) is 4.39 Å². The van der Waals surface area contributed by atoms with Crippen molar-refractivity contribution >= 4 is 28.3 Å². The third-order valence-electron chi connectivity index (χ3n) is 9.44. The van der Waals surface area contributed by atoms with Crippen molar-refractivity contribution in [1.29, 1.82) is 0 Å². The molecule has 0 N–H and O–H groups in total. The number of nitrogens with zero attached hydrogens (tertiary/aromatic N) is 7. The molecule has 2 aromatic heterocycles. The van der Waals surface area contributed by atoms with Crippen LogP contribution in [0.3, 0.4) is 0 Å². The van der Waals surface area contributed by atoms with Gasteiger partial charge in [-0.15, -0.1) is 0 Å². The molecule has 1 amide bonds. The third kappa shape index (κ3) is 4.31. The molecule has 1 aromatic carbocycles. The number of hydrogen-bond donors (Lipinski definition) is 0. The fourth-order valence-electron chi connectivity index (χ4n) is 7.16. The van der Waals surface area contributed by atoms with Gasteiger partial charge in [0.2, 0.25) is 5.91 Å². The minimum Gasteiger partial charge on any atom is -0.462 e. The molecule has 3 fully saturated rings. The molecule has 10 heteroatoms. The van der Waals surface area contributed by atoms with Crippen LogP contribution < -0.4 is 14.5 Å². The van der Waals surface area contributed by atoms with E-state index in [1.165, 1.54) is 11.6 Å². The highest BCUT2D eigenvalue weighted by Gasteiger charge is 2.49. The molecule has 0 saturated carbocycles. The number of fused-ring (bicyclic) bond motifs is 3. The van der Waals surface area contributed by atoms with Crippen molar-refractivity contribution in [3.63, 3.8) is 0 Å². The summed E-state index contributed by atoms with van der Waals surface area (Å²) < 4.78 is 22.7. The Labute approximate surface area is 239 Å². The Morgan fingerprint density at radius 1 is 1.15 bits per heavy atom. The number of carbonyl (C=O) groups excluding carboxylic acids is 1. The zero-order valence-corrected chi connectivity index (χ0v) is 23.7. The third-order valence-corrected chi connectivity index (χ3v) is 9.44. The largest absolute Gasteiger partial charge is 0.462 e. The normalized spacial score (nSPS) is 23.9. The lowest BCUT2D eigenvalue weighted by Crippen LogP contribution is -2.63. The smallest absolute Gasteiger partial charge is 0.319 e. The summed E-state index contributed by atoms with van der Waals surface area (Å²) in [6, 6.07) is 6.68. The lowest BCUT2D eigenvalue weighted by molar-refractivity contribution is -0.127. The number of amides is 1. The first-order chi connectivity index (χ1) is 19.9. The second-order valence-corrected chi connectivity index (χ2v) is 11.8. The highest BCUT2D eigenvalue weighted by molar-refractivity contribution is 5.94. The fourth-order valence-corrected chi connectivity index (χ4v) is 7.16. The molecule has 0 aliphatic carbocycles. The van der Waals surface area contributed by atoms with Crippen LogP contribution in [0, 0.1) is 5.82 Å². The summed E-state index contributed by atoms with van der Waals surface area (Å²) in [5.41, 5.74) is 3.52. The van der Waals surface area contributed by atoms with E-state index in [1.807, 2.05) is 17.0 Å². The van der Waals surface area contributed by atoms with E-state index in [2.05, 4.69) is 51.4 Å². The molecule has 3 atom stereocenters. The highest BCUT2D eigenvalue weighted by atomic mass is 19.1. The van der Waals surface area contributed by atoms with Gasteiger partial charge >= 0.3 is 6.01 Å². The summed E-state index contributed by atoms with van der Waals surface area (Å²) in [7, 11) is 4.15. The van der Waals surface area contributed by atoms with Gasteiger partial charge in [-0.2, -0.15) is 9.97 Å². The minimum absolute atomic E-state index is 0.0529.